The first-order valence-electron chi connectivity index (χ1n) is 5.90. The molecule has 0 aliphatic rings. The minimum atomic E-state index is -1.18. The third-order valence-electron chi connectivity index (χ3n) is 2.82. The standard InChI is InChI=1S/C13H20N2O2S/c1-8(2)18(17)10(4)13(16)15-12-7-5-6-11(14)9(12)3/h5-8,10H,14H2,1-4H3,(H,15,16). The van der Waals surface area contributed by atoms with E-state index in [-0.39, 0.29) is 11.2 Å². The van der Waals surface area contributed by atoms with E-state index in [1.165, 1.54) is 0 Å². The van der Waals surface area contributed by atoms with Crippen LogP contribution in [0.15, 0.2) is 18.2 Å². The molecule has 0 fully saturated rings. The van der Waals surface area contributed by atoms with E-state index in [9.17, 15) is 9.00 Å². The van der Waals surface area contributed by atoms with E-state index in [2.05, 4.69) is 5.32 Å². The number of hydrogen-bond acceptors (Lipinski definition) is 3. The van der Waals surface area contributed by atoms with Crippen LogP contribution in [0.1, 0.15) is 26.3 Å². The molecule has 0 radical (unpaired) electrons. The summed E-state index contributed by atoms with van der Waals surface area (Å²) >= 11 is 0. The molecule has 0 bridgehead atoms. The molecule has 2 atom stereocenters. The largest absolute Gasteiger partial charge is 0.398 e. The summed E-state index contributed by atoms with van der Waals surface area (Å²) in [6.07, 6.45) is 0. The Morgan fingerprint density at radius 2 is 1.94 bits per heavy atom. The van der Waals surface area contributed by atoms with Gasteiger partial charge in [0.25, 0.3) is 0 Å². The van der Waals surface area contributed by atoms with Crippen molar-refractivity contribution in [3.8, 4) is 0 Å². The van der Waals surface area contributed by atoms with Crippen molar-refractivity contribution >= 4 is 28.1 Å². The third-order valence-corrected chi connectivity index (χ3v) is 4.66. The molecule has 5 heteroatoms. The van der Waals surface area contributed by atoms with Crippen molar-refractivity contribution in [1.82, 2.24) is 0 Å². The molecule has 0 aromatic heterocycles. The van der Waals surface area contributed by atoms with E-state index in [0.717, 1.165) is 5.56 Å². The summed E-state index contributed by atoms with van der Waals surface area (Å²) in [5.41, 5.74) is 7.90. The molecule has 0 saturated carbocycles. The highest BCUT2D eigenvalue weighted by Gasteiger charge is 2.22. The lowest BCUT2D eigenvalue weighted by molar-refractivity contribution is -0.115. The van der Waals surface area contributed by atoms with Gasteiger partial charge < -0.3 is 11.1 Å². The second kappa shape index (κ2) is 6.00. The fourth-order valence-electron chi connectivity index (χ4n) is 1.54. The second-order valence-corrected chi connectivity index (χ2v) is 6.84. The predicted octanol–water partition coefficient (Wildman–Crippen LogP) is 2.06. The minimum absolute atomic E-state index is 0.0345. The van der Waals surface area contributed by atoms with Crippen molar-refractivity contribution in [3.05, 3.63) is 23.8 Å². The van der Waals surface area contributed by atoms with E-state index in [1.807, 2.05) is 20.8 Å². The quantitative estimate of drug-likeness (QED) is 0.821. The van der Waals surface area contributed by atoms with E-state index in [1.54, 1.807) is 25.1 Å². The van der Waals surface area contributed by atoms with Crippen molar-refractivity contribution in [2.75, 3.05) is 11.1 Å². The van der Waals surface area contributed by atoms with Crippen molar-refractivity contribution < 1.29 is 9.00 Å². The van der Waals surface area contributed by atoms with Crippen LogP contribution in [0.25, 0.3) is 0 Å². The van der Waals surface area contributed by atoms with Crippen LogP contribution in [-0.4, -0.2) is 20.6 Å². The number of hydrogen-bond donors (Lipinski definition) is 2. The molecule has 1 aromatic rings. The minimum Gasteiger partial charge on any atom is -0.398 e. The lowest BCUT2D eigenvalue weighted by Gasteiger charge is -2.16. The number of nitrogens with two attached hydrogens (primary N) is 1. The van der Waals surface area contributed by atoms with Gasteiger partial charge in [-0.25, -0.2) is 0 Å². The molecule has 1 aromatic carbocycles. The number of amides is 1. The van der Waals surface area contributed by atoms with Gasteiger partial charge in [0.2, 0.25) is 5.91 Å². The number of carbonyl (C=O) groups excluding carboxylic acids is 1. The fraction of sp³-hybridized carbons (Fsp3) is 0.462. The first-order valence-corrected chi connectivity index (χ1v) is 7.17. The average Bonchev–Trinajstić information content (AvgIpc) is 2.32. The van der Waals surface area contributed by atoms with Gasteiger partial charge in [-0.3, -0.25) is 9.00 Å². The van der Waals surface area contributed by atoms with Crippen LogP contribution in [0.2, 0.25) is 0 Å². The first-order chi connectivity index (χ1) is 8.34. The number of nitrogen functional groups attached to an aromatic ring is 1. The Morgan fingerprint density at radius 1 is 1.33 bits per heavy atom. The fourth-order valence-corrected chi connectivity index (χ4v) is 2.62. The van der Waals surface area contributed by atoms with Gasteiger partial charge in [-0.15, -0.1) is 0 Å². The van der Waals surface area contributed by atoms with Crippen LogP contribution in [0.3, 0.4) is 0 Å². The van der Waals surface area contributed by atoms with Gasteiger partial charge in [0.15, 0.2) is 0 Å². The lowest BCUT2D eigenvalue weighted by Crippen LogP contribution is -2.32. The zero-order valence-electron chi connectivity index (χ0n) is 11.2. The van der Waals surface area contributed by atoms with Crippen LogP contribution in [0.4, 0.5) is 11.4 Å². The molecule has 0 aliphatic heterocycles. The number of rotatable bonds is 4. The molecule has 0 aliphatic carbocycles. The number of nitrogens with one attached hydrogen (secondary N) is 1. The molecule has 1 rings (SSSR count). The normalized spacial score (nSPS) is 14.3. The molecular formula is C13H20N2O2S. The van der Waals surface area contributed by atoms with Gasteiger partial charge >= 0.3 is 0 Å². The zero-order chi connectivity index (χ0) is 13.9. The molecule has 2 unspecified atom stereocenters. The van der Waals surface area contributed by atoms with Gasteiger partial charge in [0.05, 0.1) is 0 Å². The molecular weight excluding hydrogens is 248 g/mol. The molecule has 0 spiro atoms. The summed E-state index contributed by atoms with van der Waals surface area (Å²) < 4.78 is 11.9. The Hall–Kier alpha value is -1.36. The Kier molecular flexibility index (Phi) is 4.90. The Balaban J connectivity index is 2.82. The van der Waals surface area contributed by atoms with Crippen LogP contribution in [0, 0.1) is 6.92 Å². The second-order valence-electron chi connectivity index (χ2n) is 4.53. The van der Waals surface area contributed by atoms with Crippen LogP contribution in [0.5, 0.6) is 0 Å². The molecule has 100 valence electrons. The zero-order valence-corrected chi connectivity index (χ0v) is 12.0. The van der Waals surface area contributed by atoms with E-state index < -0.39 is 16.0 Å². The molecule has 1 amide bonds. The van der Waals surface area contributed by atoms with Crippen LogP contribution >= 0.6 is 0 Å². The Labute approximate surface area is 110 Å². The Morgan fingerprint density at radius 3 is 2.50 bits per heavy atom. The van der Waals surface area contributed by atoms with Crippen molar-refractivity contribution in [1.29, 1.82) is 0 Å². The molecule has 18 heavy (non-hydrogen) atoms. The van der Waals surface area contributed by atoms with Crippen molar-refractivity contribution in [2.24, 2.45) is 0 Å². The SMILES string of the molecule is Cc1c(N)cccc1NC(=O)C(C)S(=O)C(C)C. The maximum atomic E-state index is 12.0. The summed E-state index contributed by atoms with van der Waals surface area (Å²) in [4.78, 5) is 12.0. The number of carbonyl (C=O) groups is 1. The van der Waals surface area contributed by atoms with E-state index >= 15 is 0 Å². The van der Waals surface area contributed by atoms with Gasteiger partial charge in [-0.1, -0.05) is 19.9 Å². The van der Waals surface area contributed by atoms with Crippen molar-refractivity contribution in [3.63, 3.8) is 0 Å². The van der Waals surface area contributed by atoms with E-state index in [0.29, 0.717) is 11.4 Å². The highest BCUT2D eigenvalue weighted by atomic mass is 32.2. The molecule has 3 N–H and O–H groups in total. The predicted molar refractivity (Wildman–Crippen MR) is 77.0 cm³/mol. The Bertz CT molecular complexity index is 472. The molecule has 4 nitrogen and oxygen atoms in total. The number of anilines is 2. The van der Waals surface area contributed by atoms with Gasteiger partial charge in [0.1, 0.15) is 5.25 Å². The first kappa shape index (κ1) is 14.7. The molecule has 0 saturated heterocycles. The summed E-state index contributed by atoms with van der Waals surface area (Å²) in [5.74, 6) is -0.240. The van der Waals surface area contributed by atoms with Crippen LogP contribution in [-0.2, 0) is 15.6 Å². The van der Waals surface area contributed by atoms with Gasteiger partial charge in [-0.2, -0.15) is 0 Å². The maximum absolute atomic E-state index is 12.0. The highest BCUT2D eigenvalue weighted by Crippen LogP contribution is 2.21. The topological polar surface area (TPSA) is 72.2 Å². The van der Waals surface area contributed by atoms with Gasteiger partial charge in [0, 0.05) is 27.4 Å². The highest BCUT2D eigenvalue weighted by molar-refractivity contribution is 7.87. The lowest BCUT2D eigenvalue weighted by atomic mass is 10.1. The van der Waals surface area contributed by atoms with E-state index in [4.69, 9.17) is 5.73 Å². The van der Waals surface area contributed by atoms with Crippen molar-refractivity contribution in [2.45, 2.75) is 38.2 Å². The number of benzene rings is 1. The average molecular weight is 268 g/mol. The maximum Gasteiger partial charge on any atom is 0.239 e. The van der Waals surface area contributed by atoms with Gasteiger partial charge in [-0.05, 0) is 31.5 Å². The summed E-state index contributed by atoms with van der Waals surface area (Å²) in [6.45, 7) is 7.19. The smallest absolute Gasteiger partial charge is 0.239 e. The summed E-state index contributed by atoms with van der Waals surface area (Å²) in [5, 5.41) is 2.20. The summed E-state index contributed by atoms with van der Waals surface area (Å²) in [6, 6.07) is 5.34. The summed E-state index contributed by atoms with van der Waals surface area (Å²) in [7, 11) is -1.18. The molecule has 0 heterocycles. The van der Waals surface area contributed by atoms with Crippen LogP contribution < -0.4 is 11.1 Å². The third kappa shape index (κ3) is 3.32. The monoisotopic (exact) mass is 268 g/mol.